The summed E-state index contributed by atoms with van der Waals surface area (Å²) in [7, 11) is 0. The van der Waals surface area contributed by atoms with Gasteiger partial charge in [0, 0.05) is 24.8 Å². The average Bonchev–Trinajstić information content (AvgIpc) is 2.54. The number of ether oxygens (including phenoxy) is 1. The molecule has 1 saturated heterocycles. The zero-order chi connectivity index (χ0) is 16.2. The quantitative estimate of drug-likeness (QED) is 0.939. The Morgan fingerprint density at radius 1 is 1.39 bits per heavy atom. The molecule has 5 nitrogen and oxygen atoms in total. The third-order valence-electron chi connectivity index (χ3n) is 4.31. The summed E-state index contributed by atoms with van der Waals surface area (Å²) >= 11 is 0. The Kier molecular flexibility index (Phi) is 4.88. The molecule has 2 aromatic rings. The van der Waals surface area contributed by atoms with Crippen molar-refractivity contribution in [1.29, 1.82) is 0 Å². The Balaban J connectivity index is 1.69. The lowest BCUT2D eigenvalue weighted by molar-refractivity contribution is -0.0417. The molecule has 23 heavy (non-hydrogen) atoms. The zero-order valence-electron chi connectivity index (χ0n) is 13.7. The summed E-state index contributed by atoms with van der Waals surface area (Å²) in [5, 5.41) is 0. The van der Waals surface area contributed by atoms with Crippen LogP contribution in [-0.2, 0) is 11.2 Å². The first kappa shape index (κ1) is 15.9. The number of hydrogen-bond acceptors (Lipinski definition) is 4. The van der Waals surface area contributed by atoms with Gasteiger partial charge in [-0.1, -0.05) is 30.3 Å². The predicted molar refractivity (Wildman–Crippen MR) is 89.5 cm³/mol. The molecule has 0 spiro atoms. The number of aromatic nitrogens is 2. The van der Waals surface area contributed by atoms with Crippen LogP contribution in [-0.4, -0.2) is 40.7 Å². The van der Waals surface area contributed by atoms with Crippen LogP contribution in [0.5, 0.6) is 0 Å². The normalized spacial score (nSPS) is 20.3. The van der Waals surface area contributed by atoms with Gasteiger partial charge in [-0.15, -0.1) is 0 Å². The third kappa shape index (κ3) is 4.06. The molecule has 2 atom stereocenters. The third-order valence-corrected chi connectivity index (χ3v) is 4.31. The molecule has 1 aliphatic rings. The molecule has 1 aromatic carbocycles. The van der Waals surface area contributed by atoms with Crippen molar-refractivity contribution in [2.45, 2.75) is 32.4 Å². The minimum Gasteiger partial charge on any atom is -0.375 e. The summed E-state index contributed by atoms with van der Waals surface area (Å²) in [5.74, 6) is 0.732. The maximum absolute atomic E-state index is 11.7. The highest BCUT2D eigenvalue weighted by atomic mass is 16.5. The van der Waals surface area contributed by atoms with Crippen LogP contribution in [0.2, 0.25) is 0 Å². The van der Waals surface area contributed by atoms with E-state index in [2.05, 4.69) is 46.1 Å². The first-order valence-corrected chi connectivity index (χ1v) is 8.09. The van der Waals surface area contributed by atoms with E-state index < -0.39 is 0 Å². The minimum atomic E-state index is -0.0894. The Hall–Kier alpha value is -1.98. The molecule has 5 heteroatoms. The average molecular weight is 313 g/mol. The van der Waals surface area contributed by atoms with Gasteiger partial charge in [-0.2, -0.15) is 0 Å². The molecule has 0 amide bonds. The van der Waals surface area contributed by atoms with E-state index in [0.29, 0.717) is 6.61 Å². The SMILES string of the molecule is Cc1cc(=O)[nH]c([C@@H](C)N2CCO[C@@H](Cc3ccccc3)C2)n1. The van der Waals surface area contributed by atoms with Crippen molar-refractivity contribution >= 4 is 0 Å². The van der Waals surface area contributed by atoms with Crippen LogP contribution in [0.15, 0.2) is 41.2 Å². The molecule has 122 valence electrons. The lowest BCUT2D eigenvalue weighted by Crippen LogP contribution is -2.45. The smallest absolute Gasteiger partial charge is 0.251 e. The van der Waals surface area contributed by atoms with Crippen LogP contribution < -0.4 is 5.56 Å². The van der Waals surface area contributed by atoms with Gasteiger partial charge in [-0.05, 0) is 25.8 Å². The van der Waals surface area contributed by atoms with Gasteiger partial charge in [0.15, 0.2) is 0 Å². The van der Waals surface area contributed by atoms with E-state index in [1.165, 1.54) is 11.6 Å². The first-order chi connectivity index (χ1) is 11.1. The Morgan fingerprint density at radius 3 is 2.91 bits per heavy atom. The lowest BCUT2D eigenvalue weighted by atomic mass is 10.1. The summed E-state index contributed by atoms with van der Waals surface area (Å²) < 4.78 is 5.91. The van der Waals surface area contributed by atoms with Gasteiger partial charge in [0.05, 0.1) is 18.8 Å². The van der Waals surface area contributed by atoms with Crippen LogP contribution in [0.3, 0.4) is 0 Å². The van der Waals surface area contributed by atoms with E-state index in [1.54, 1.807) is 0 Å². The molecule has 1 aromatic heterocycles. The van der Waals surface area contributed by atoms with E-state index in [-0.39, 0.29) is 17.7 Å². The summed E-state index contributed by atoms with van der Waals surface area (Å²) in [6, 6.07) is 12.0. The largest absolute Gasteiger partial charge is 0.375 e. The maximum atomic E-state index is 11.7. The molecule has 0 aliphatic carbocycles. The summed E-state index contributed by atoms with van der Waals surface area (Å²) in [6.45, 7) is 6.33. The number of morpholine rings is 1. The Labute approximate surface area is 136 Å². The van der Waals surface area contributed by atoms with Crippen molar-refractivity contribution in [3.63, 3.8) is 0 Å². The van der Waals surface area contributed by atoms with Crippen LogP contribution in [0.4, 0.5) is 0 Å². The molecule has 0 bridgehead atoms. The number of H-pyrrole nitrogens is 1. The van der Waals surface area contributed by atoms with Gasteiger partial charge in [0.1, 0.15) is 5.82 Å². The van der Waals surface area contributed by atoms with E-state index in [9.17, 15) is 4.79 Å². The fourth-order valence-electron chi connectivity index (χ4n) is 3.07. The number of nitrogens with zero attached hydrogens (tertiary/aromatic N) is 2. The maximum Gasteiger partial charge on any atom is 0.251 e. The van der Waals surface area contributed by atoms with Gasteiger partial charge in [-0.25, -0.2) is 4.98 Å². The first-order valence-electron chi connectivity index (χ1n) is 8.09. The van der Waals surface area contributed by atoms with Gasteiger partial charge in [-0.3, -0.25) is 9.69 Å². The Bertz CT molecular complexity index is 699. The van der Waals surface area contributed by atoms with Gasteiger partial charge < -0.3 is 9.72 Å². The molecular formula is C18H23N3O2. The summed E-state index contributed by atoms with van der Waals surface area (Å²) in [4.78, 5) is 21.3. The van der Waals surface area contributed by atoms with Crippen molar-refractivity contribution in [1.82, 2.24) is 14.9 Å². The molecule has 0 radical (unpaired) electrons. The van der Waals surface area contributed by atoms with E-state index in [4.69, 9.17) is 4.74 Å². The highest BCUT2D eigenvalue weighted by Crippen LogP contribution is 2.21. The lowest BCUT2D eigenvalue weighted by Gasteiger charge is -2.36. The number of aromatic amines is 1. The molecule has 1 N–H and O–H groups in total. The van der Waals surface area contributed by atoms with Crippen molar-refractivity contribution in [2.24, 2.45) is 0 Å². The number of rotatable bonds is 4. The second-order valence-corrected chi connectivity index (χ2v) is 6.13. The molecule has 2 heterocycles. The van der Waals surface area contributed by atoms with Crippen LogP contribution in [0, 0.1) is 6.92 Å². The van der Waals surface area contributed by atoms with Crippen LogP contribution in [0.1, 0.15) is 30.0 Å². The molecule has 3 rings (SSSR count). The van der Waals surface area contributed by atoms with E-state index >= 15 is 0 Å². The highest BCUT2D eigenvalue weighted by molar-refractivity contribution is 5.16. The van der Waals surface area contributed by atoms with Gasteiger partial charge in [0.2, 0.25) is 0 Å². The molecule has 0 saturated carbocycles. The molecule has 0 unspecified atom stereocenters. The number of nitrogens with one attached hydrogen (secondary N) is 1. The Morgan fingerprint density at radius 2 is 2.17 bits per heavy atom. The molecule has 1 fully saturated rings. The number of aryl methyl sites for hydroxylation is 1. The monoisotopic (exact) mass is 313 g/mol. The van der Waals surface area contributed by atoms with Crippen molar-refractivity contribution in [3.05, 3.63) is 63.8 Å². The van der Waals surface area contributed by atoms with Crippen LogP contribution in [0.25, 0.3) is 0 Å². The summed E-state index contributed by atoms with van der Waals surface area (Å²) in [5.41, 5.74) is 1.95. The number of benzene rings is 1. The van der Waals surface area contributed by atoms with Gasteiger partial charge >= 0.3 is 0 Å². The molecular weight excluding hydrogens is 290 g/mol. The topological polar surface area (TPSA) is 58.2 Å². The minimum absolute atomic E-state index is 0.0739. The molecule has 1 aliphatic heterocycles. The van der Waals surface area contributed by atoms with Crippen molar-refractivity contribution in [2.75, 3.05) is 19.7 Å². The van der Waals surface area contributed by atoms with Crippen LogP contribution >= 0.6 is 0 Å². The standard InChI is InChI=1S/C18H23N3O2/c1-13-10-17(22)20-18(19-13)14(2)21-8-9-23-16(12-21)11-15-6-4-3-5-7-15/h3-7,10,14,16H,8-9,11-12H2,1-2H3,(H,19,20,22)/t14-,16+/m1/s1. The number of hydrogen-bond donors (Lipinski definition) is 1. The summed E-state index contributed by atoms with van der Waals surface area (Å²) in [6.07, 6.45) is 1.08. The second-order valence-electron chi connectivity index (χ2n) is 6.13. The van der Waals surface area contributed by atoms with E-state index in [0.717, 1.165) is 31.0 Å². The fourth-order valence-corrected chi connectivity index (χ4v) is 3.07. The van der Waals surface area contributed by atoms with E-state index in [1.807, 2.05) is 13.0 Å². The highest BCUT2D eigenvalue weighted by Gasteiger charge is 2.26. The second kappa shape index (κ2) is 7.06. The van der Waals surface area contributed by atoms with Gasteiger partial charge in [0.25, 0.3) is 5.56 Å². The fraction of sp³-hybridized carbons (Fsp3) is 0.444. The van der Waals surface area contributed by atoms with Crippen molar-refractivity contribution in [3.8, 4) is 0 Å². The predicted octanol–water partition coefficient (Wildman–Crippen LogP) is 2.08. The zero-order valence-corrected chi connectivity index (χ0v) is 13.7. The van der Waals surface area contributed by atoms with Crippen molar-refractivity contribution < 1.29 is 4.74 Å².